The number of carbonyl (C=O) groups excluding carboxylic acids is 2. The van der Waals surface area contributed by atoms with Gasteiger partial charge in [0.2, 0.25) is 0 Å². The van der Waals surface area contributed by atoms with Crippen molar-refractivity contribution in [1.82, 2.24) is 0 Å². The number of fused-ring (bicyclic) bond motifs is 1. The van der Waals surface area contributed by atoms with Gasteiger partial charge in [0.05, 0.1) is 13.2 Å². The van der Waals surface area contributed by atoms with Gasteiger partial charge in [-0.2, -0.15) is 0 Å². The number of ether oxygens (including phenoxy) is 3. The van der Waals surface area contributed by atoms with Gasteiger partial charge in [-0.05, 0) is 19.4 Å². The average molecular weight is 238 g/mol. The van der Waals surface area contributed by atoms with E-state index in [0.29, 0.717) is 0 Å². The molecular weight excluding hydrogens is 224 g/mol. The summed E-state index contributed by atoms with van der Waals surface area (Å²) in [5.74, 6) is -1.89. The first-order valence-corrected chi connectivity index (χ1v) is 5.67. The van der Waals surface area contributed by atoms with Crippen molar-refractivity contribution >= 4 is 11.9 Å². The van der Waals surface area contributed by atoms with Crippen LogP contribution in [-0.2, 0) is 23.8 Å². The molecule has 1 spiro atoms. The fraction of sp³-hybridized carbons (Fsp3) is 0.667. The lowest BCUT2D eigenvalue weighted by molar-refractivity contribution is -0.156. The molecular formula is C12H14O5. The zero-order valence-electron chi connectivity index (χ0n) is 9.93. The molecule has 0 N–H and O–H groups in total. The van der Waals surface area contributed by atoms with E-state index in [0.717, 1.165) is 5.57 Å². The summed E-state index contributed by atoms with van der Waals surface area (Å²) in [5.41, 5.74) is 0.228. The van der Waals surface area contributed by atoms with E-state index in [4.69, 9.17) is 14.2 Å². The Hall–Kier alpha value is -1.36. The Balaban J connectivity index is 2.10. The number of methoxy groups -OCH3 is 1. The van der Waals surface area contributed by atoms with Crippen molar-refractivity contribution in [2.45, 2.75) is 31.7 Å². The highest BCUT2D eigenvalue weighted by molar-refractivity contribution is 5.88. The molecule has 0 aromatic heterocycles. The fourth-order valence-corrected chi connectivity index (χ4v) is 3.41. The highest BCUT2D eigenvalue weighted by Gasteiger charge is 2.71. The summed E-state index contributed by atoms with van der Waals surface area (Å²) in [5, 5.41) is 0. The van der Waals surface area contributed by atoms with Crippen molar-refractivity contribution in [2.24, 2.45) is 11.8 Å². The zero-order chi connectivity index (χ0) is 12.4. The lowest BCUT2D eigenvalue weighted by Gasteiger charge is -2.28. The number of carbonyl (C=O) groups is 2. The van der Waals surface area contributed by atoms with E-state index in [9.17, 15) is 9.59 Å². The van der Waals surface area contributed by atoms with Gasteiger partial charge in [0.1, 0.15) is 23.5 Å². The lowest BCUT2D eigenvalue weighted by atomic mass is 9.71. The third-order valence-electron chi connectivity index (χ3n) is 4.16. The van der Waals surface area contributed by atoms with Crippen LogP contribution in [0.25, 0.3) is 0 Å². The molecule has 0 amide bonds. The van der Waals surface area contributed by atoms with Gasteiger partial charge in [-0.15, -0.1) is 0 Å². The van der Waals surface area contributed by atoms with Gasteiger partial charge in [0, 0.05) is 0 Å². The Labute approximate surface area is 98.7 Å². The second-order valence-electron chi connectivity index (χ2n) is 4.83. The van der Waals surface area contributed by atoms with Crippen LogP contribution in [0.3, 0.4) is 0 Å². The second-order valence-corrected chi connectivity index (χ2v) is 4.83. The molecule has 3 aliphatic rings. The van der Waals surface area contributed by atoms with E-state index in [-0.39, 0.29) is 18.2 Å². The Morgan fingerprint density at radius 3 is 2.88 bits per heavy atom. The van der Waals surface area contributed by atoms with Gasteiger partial charge in [-0.3, -0.25) is 9.59 Å². The normalized spacial score (nSPS) is 46.5. The van der Waals surface area contributed by atoms with E-state index in [1.54, 1.807) is 6.92 Å². The summed E-state index contributed by atoms with van der Waals surface area (Å²) in [6.07, 6.45) is 1.19. The smallest absolute Gasteiger partial charge is 0.313 e. The van der Waals surface area contributed by atoms with Gasteiger partial charge in [0.15, 0.2) is 0 Å². The molecule has 5 nitrogen and oxygen atoms in total. The lowest BCUT2D eigenvalue weighted by Crippen LogP contribution is -2.44. The first kappa shape index (κ1) is 10.8. The molecule has 0 unspecified atom stereocenters. The van der Waals surface area contributed by atoms with E-state index in [1.807, 2.05) is 13.0 Å². The van der Waals surface area contributed by atoms with Crippen molar-refractivity contribution < 1.29 is 23.8 Å². The Morgan fingerprint density at radius 2 is 2.24 bits per heavy atom. The third-order valence-corrected chi connectivity index (χ3v) is 4.16. The number of hydrogen-bond donors (Lipinski definition) is 0. The van der Waals surface area contributed by atoms with Gasteiger partial charge < -0.3 is 14.2 Å². The van der Waals surface area contributed by atoms with Crippen molar-refractivity contribution in [2.75, 3.05) is 7.11 Å². The second kappa shape index (κ2) is 3.10. The van der Waals surface area contributed by atoms with Crippen LogP contribution in [0, 0.1) is 11.8 Å². The molecule has 2 saturated heterocycles. The molecule has 3 rings (SSSR count). The topological polar surface area (TPSA) is 61.8 Å². The van der Waals surface area contributed by atoms with Crippen LogP contribution in [0.15, 0.2) is 11.6 Å². The Bertz CT molecular complexity index is 440. The van der Waals surface area contributed by atoms with Crippen LogP contribution in [-0.4, -0.2) is 36.9 Å². The highest BCUT2D eigenvalue weighted by Crippen LogP contribution is 2.57. The monoisotopic (exact) mass is 238 g/mol. The number of esters is 2. The zero-order valence-corrected chi connectivity index (χ0v) is 9.93. The van der Waals surface area contributed by atoms with Crippen molar-refractivity contribution in [1.29, 1.82) is 0 Å². The summed E-state index contributed by atoms with van der Waals surface area (Å²) in [6.45, 7) is 3.72. The van der Waals surface area contributed by atoms with Crippen LogP contribution in [0.5, 0.6) is 0 Å². The minimum atomic E-state index is -0.749. The van der Waals surface area contributed by atoms with E-state index in [1.165, 1.54) is 7.11 Å². The fourth-order valence-electron chi connectivity index (χ4n) is 3.41. The number of hydrogen-bond acceptors (Lipinski definition) is 5. The molecule has 2 fully saturated rings. The van der Waals surface area contributed by atoms with Crippen LogP contribution in [0.4, 0.5) is 0 Å². The predicted octanol–water partition coefficient (Wildman–Crippen LogP) is 0.435. The molecule has 0 aromatic carbocycles. The standard InChI is InChI=1S/C12H14O5/c1-5-4-7-8(10(13)15-3)9-11(14)16-6(2)12(5,9)17-7/h4,6-9H,1-3H3/t6-,7-,8+,9+,12-/m1/s1. The minimum absolute atomic E-state index is 0.351. The first-order chi connectivity index (χ1) is 8.02. The van der Waals surface area contributed by atoms with E-state index >= 15 is 0 Å². The summed E-state index contributed by atoms with van der Waals surface area (Å²) in [6, 6.07) is 0. The van der Waals surface area contributed by atoms with Gasteiger partial charge >= 0.3 is 11.9 Å². The largest absolute Gasteiger partial charge is 0.469 e. The SMILES string of the molecule is COC(=O)[C@@H]1[C@H]2C(=O)O[C@H](C)[C@@]23O[C@@H]1C=C3C. The van der Waals surface area contributed by atoms with E-state index in [2.05, 4.69) is 0 Å². The summed E-state index contributed by atoms with van der Waals surface area (Å²) in [7, 11) is 1.32. The molecule has 3 heterocycles. The van der Waals surface area contributed by atoms with Gasteiger partial charge in [-0.1, -0.05) is 6.08 Å². The number of rotatable bonds is 1. The molecule has 3 aliphatic heterocycles. The Kier molecular flexibility index (Phi) is 1.96. The van der Waals surface area contributed by atoms with Crippen LogP contribution in [0.1, 0.15) is 13.8 Å². The molecule has 0 radical (unpaired) electrons. The maximum Gasteiger partial charge on any atom is 0.313 e. The summed E-state index contributed by atoms with van der Waals surface area (Å²) in [4.78, 5) is 23.7. The summed E-state index contributed by atoms with van der Waals surface area (Å²) >= 11 is 0. The molecule has 0 aliphatic carbocycles. The predicted molar refractivity (Wildman–Crippen MR) is 55.9 cm³/mol. The highest BCUT2D eigenvalue weighted by atomic mass is 16.6. The van der Waals surface area contributed by atoms with Crippen LogP contribution >= 0.6 is 0 Å². The van der Waals surface area contributed by atoms with Gasteiger partial charge in [-0.25, -0.2) is 0 Å². The van der Waals surface area contributed by atoms with Crippen molar-refractivity contribution in [3.05, 3.63) is 11.6 Å². The number of cyclic esters (lactones) is 1. The van der Waals surface area contributed by atoms with Crippen molar-refractivity contribution in [3.8, 4) is 0 Å². The quantitative estimate of drug-likeness (QED) is 0.490. The minimum Gasteiger partial charge on any atom is -0.469 e. The molecule has 5 atom stereocenters. The summed E-state index contributed by atoms with van der Waals surface area (Å²) < 4.78 is 15.9. The average Bonchev–Trinajstić information content (AvgIpc) is 2.86. The van der Waals surface area contributed by atoms with E-state index < -0.39 is 23.4 Å². The van der Waals surface area contributed by atoms with Crippen LogP contribution < -0.4 is 0 Å². The first-order valence-electron chi connectivity index (χ1n) is 5.67. The van der Waals surface area contributed by atoms with Gasteiger partial charge in [0.25, 0.3) is 0 Å². The molecule has 17 heavy (non-hydrogen) atoms. The molecule has 2 bridgehead atoms. The molecule has 92 valence electrons. The third kappa shape index (κ3) is 1.03. The maximum atomic E-state index is 11.9. The van der Waals surface area contributed by atoms with Crippen LogP contribution in [0.2, 0.25) is 0 Å². The maximum absolute atomic E-state index is 11.9. The molecule has 5 heteroatoms. The Morgan fingerprint density at radius 1 is 1.53 bits per heavy atom. The van der Waals surface area contributed by atoms with Crippen molar-refractivity contribution in [3.63, 3.8) is 0 Å². The molecule has 0 aromatic rings. The molecule has 0 saturated carbocycles.